The highest BCUT2D eigenvalue weighted by atomic mass is 16.2. The molecule has 0 aromatic heterocycles. The molecule has 0 aromatic rings. The molecule has 4 atom stereocenters. The van der Waals surface area contributed by atoms with E-state index >= 15 is 0 Å². The van der Waals surface area contributed by atoms with Crippen molar-refractivity contribution in [1.29, 1.82) is 0 Å². The zero-order chi connectivity index (χ0) is 19.4. The van der Waals surface area contributed by atoms with Crippen LogP contribution < -0.4 is 0 Å². The summed E-state index contributed by atoms with van der Waals surface area (Å²) in [6.45, 7) is 8.00. The van der Waals surface area contributed by atoms with Gasteiger partial charge in [0.15, 0.2) is 17.6 Å². The van der Waals surface area contributed by atoms with Crippen LogP contribution in [0.2, 0.25) is 0 Å². The zero-order valence-electron chi connectivity index (χ0n) is 16.6. The van der Waals surface area contributed by atoms with Gasteiger partial charge in [0.05, 0.1) is 11.8 Å². The van der Waals surface area contributed by atoms with Crippen LogP contribution in [0.3, 0.4) is 0 Å². The number of fused-ring (bicyclic) bond motifs is 2. The second kappa shape index (κ2) is 8.92. The van der Waals surface area contributed by atoms with Gasteiger partial charge in [0.1, 0.15) is 0 Å². The molecule has 26 heavy (non-hydrogen) atoms. The van der Waals surface area contributed by atoms with E-state index in [9.17, 15) is 19.2 Å². The first-order valence-electron chi connectivity index (χ1n) is 10.6. The third kappa shape index (κ3) is 3.25. The van der Waals surface area contributed by atoms with Gasteiger partial charge in [-0.15, -0.1) is 0 Å². The van der Waals surface area contributed by atoms with Crippen molar-refractivity contribution < 1.29 is 19.2 Å². The Morgan fingerprint density at radius 2 is 0.885 bits per heavy atom. The van der Waals surface area contributed by atoms with Crippen LogP contribution in [0.1, 0.15) is 79.1 Å². The molecule has 0 spiro atoms. The molecule has 4 fully saturated rings. The predicted molar refractivity (Wildman–Crippen MR) is 99.2 cm³/mol. The monoisotopic (exact) mass is 363 g/mol. The number of carbonyl (C=O) groups excluding carboxylic acids is 4. The summed E-state index contributed by atoms with van der Waals surface area (Å²) >= 11 is 0. The maximum absolute atomic E-state index is 12.7. The van der Waals surface area contributed by atoms with Gasteiger partial charge in [-0.05, 0) is 25.7 Å². The Kier molecular flexibility index (Phi) is 7.13. The molecule has 0 aromatic carbocycles. The Bertz CT molecular complexity index is 472. The standard InChI is InChI=1S/C17H21NO4.2C2H6/c19-14-9-5-1-2-6-10(9)15(20)13(14)18-16(21)11-7-3-4-8-12(11)17(18)22;2*1-2/h9-13H,1-8H2;2*1-2H3. The second-order valence-corrected chi connectivity index (χ2v) is 7.25. The maximum atomic E-state index is 12.7. The molecule has 4 rings (SSSR count). The van der Waals surface area contributed by atoms with Crippen molar-refractivity contribution in [2.75, 3.05) is 0 Å². The fraction of sp³-hybridized carbons (Fsp3) is 0.810. The fourth-order valence-corrected chi connectivity index (χ4v) is 5.05. The van der Waals surface area contributed by atoms with Crippen molar-refractivity contribution in [3.8, 4) is 0 Å². The van der Waals surface area contributed by atoms with E-state index in [1.807, 2.05) is 27.7 Å². The molecule has 0 N–H and O–H groups in total. The van der Waals surface area contributed by atoms with Crippen LogP contribution in [0.25, 0.3) is 0 Å². The van der Waals surface area contributed by atoms with E-state index < -0.39 is 6.04 Å². The van der Waals surface area contributed by atoms with Gasteiger partial charge >= 0.3 is 0 Å². The summed E-state index contributed by atoms with van der Waals surface area (Å²) in [7, 11) is 0. The Labute approximate surface area is 156 Å². The van der Waals surface area contributed by atoms with Crippen molar-refractivity contribution in [2.45, 2.75) is 85.1 Å². The van der Waals surface area contributed by atoms with Gasteiger partial charge in [-0.2, -0.15) is 0 Å². The third-order valence-corrected chi connectivity index (χ3v) is 6.17. The Morgan fingerprint density at radius 1 is 0.577 bits per heavy atom. The van der Waals surface area contributed by atoms with Gasteiger partial charge in [0.2, 0.25) is 11.8 Å². The number of carbonyl (C=O) groups is 4. The van der Waals surface area contributed by atoms with Gasteiger partial charge in [0.25, 0.3) is 0 Å². The normalized spacial score (nSPS) is 35.8. The summed E-state index contributed by atoms with van der Waals surface area (Å²) in [4.78, 5) is 51.7. The van der Waals surface area contributed by atoms with Crippen LogP contribution in [0.5, 0.6) is 0 Å². The van der Waals surface area contributed by atoms with E-state index in [4.69, 9.17) is 0 Å². The summed E-state index contributed by atoms with van der Waals surface area (Å²) in [5.74, 6) is -1.96. The van der Waals surface area contributed by atoms with Gasteiger partial charge in [-0.1, -0.05) is 53.4 Å². The topological polar surface area (TPSA) is 71.5 Å². The first-order valence-corrected chi connectivity index (χ1v) is 10.6. The Morgan fingerprint density at radius 3 is 1.23 bits per heavy atom. The van der Waals surface area contributed by atoms with Crippen molar-refractivity contribution in [3.05, 3.63) is 0 Å². The molecule has 4 aliphatic rings. The van der Waals surface area contributed by atoms with Crippen molar-refractivity contribution >= 4 is 23.4 Å². The molecule has 2 amide bonds. The molecule has 0 radical (unpaired) electrons. The molecule has 5 heteroatoms. The SMILES string of the molecule is CC.CC.O=C1C2CCCCC2C(=O)C1N1C(=O)C2CCCCC2C1=O. The number of imide groups is 1. The highest BCUT2D eigenvalue weighted by Crippen LogP contribution is 2.44. The van der Waals surface area contributed by atoms with E-state index in [0.29, 0.717) is 12.8 Å². The molecule has 1 saturated heterocycles. The smallest absolute Gasteiger partial charge is 0.234 e. The van der Waals surface area contributed by atoms with E-state index in [2.05, 4.69) is 0 Å². The van der Waals surface area contributed by atoms with Crippen LogP contribution in [-0.2, 0) is 19.2 Å². The number of amides is 2. The van der Waals surface area contributed by atoms with E-state index in [1.165, 1.54) is 0 Å². The van der Waals surface area contributed by atoms with Crippen LogP contribution in [-0.4, -0.2) is 34.3 Å². The largest absolute Gasteiger partial charge is 0.296 e. The molecule has 3 aliphatic carbocycles. The summed E-state index contributed by atoms with van der Waals surface area (Å²) in [6, 6.07) is -1.10. The van der Waals surface area contributed by atoms with Crippen LogP contribution in [0.15, 0.2) is 0 Å². The quantitative estimate of drug-likeness (QED) is 0.528. The van der Waals surface area contributed by atoms with Gasteiger partial charge < -0.3 is 0 Å². The summed E-state index contributed by atoms with van der Waals surface area (Å²) in [5.41, 5.74) is 0. The van der Waals surface area contributed by atoms with Crippen molar-refractivity contribution in [3.63, 3.8) is 0 Å². The maximum Gasteiger partial charge on any atom is 0.234 e. The molecule has 3 saturated carbocycles. The molecule has 1 aliphatic heterocycles. The molecular weight excluding hydrogens is 330 g/mol. The number of likely N-dealkylation sites (tertiary alicyclic amines) is 1. The lowest BCUT2D eigenvalue weighted by Gasteiger charge is -2.21. The number of Topliss-reactive ketones (excluding diaryl/α,β-unsaturated/α-hetero) is 2. The molecule has 5 nitrogen and oxygen atoms in total. The summed E-state index contributed by atoms with van der Waals surface area (Å²) < 4.78 is 0. The van der Waals surface area contributed by atoms with Gasteiger partial charge in [-0.3, -0.25) is 24.1 Å². The number of hydrogen-bond donors (Lipinski definition) is 0. The highest BCUT2D eigenvalue weighted by molar-refractivity contribution is 6.21. The fourth-order valence-electron chi connectivity index (χ4n) is 5.05. The lowest BCUT2D eigenvalue weighted by Crippen LogP contribution is -2.47. The van der Waals surface area contributed by atoms with Crippen molar-refractivity contribution in [2.24, 2.45) is 23.7 Å². The molecule has 1 heterocycles. The third-order valence-electron chi connectivity index (χ3n) is 6.17. The van der Waals surface area contributed by atoms with Gasteiger partial charge in [-0.25, -0.2) is 0 Å². The lowest BCUT2D eigenvalue weighted by atomic mass is 9.81. The van der Waals surface area contributed by atoms with E-state index in [-0.39, 0.29) is 47.1 Å². The average molecular weight is 363 g/mol. The first-order chi connectivity index (χ1) is 12.6. The summed E-state index contributed by atoms with van der Waals surface area (Å²) in [5, 5.41) is 0. The average Bonchev–Trinajstić information content (AvgIpc) is 3.10. The predicted octanol–water partition coefficient (Wildman–Crippen LogP) is 3.54. The van der Waals surface area contributed by atoms with E-state index in [0.717, 1.165) is 43.4 Å². The van der Waals surface area contributed by atoms with E-state index in [1.54, 1.807) is 0 Å². The zero-order valence-corrected chi connectivity index (χ0v) is 16.6. The minimum absolute atomic E-state index is 0.171. The Balaban J connectivity index is 0.000000570. The van der Waals surface area contributed by atoms with Gasteiger partial charge in [0, 0.05) is 11.8 Å². The number of hydrogen-bond acceptors (Lipinski definition) is 4. The summed E-state index contributed by atoms with van der Waals surface area (Å²) in [6.07, 6.45) is 6.71. The molecular formula is C21H33NO4. The molecule has 0 bridgehead atoms. The first kappa shape index (κ1) is 20.8. The Hall–Kier alpha value is -1.52. The lowest BCUT2D eigenvalue weighted by molar-refractivity contribution is -0.150. The minimum atomic E-state index is -1.10. The van der Waals surface area contributed by atoms with Crippen LogP contribution in [0.4, 0.5) is 0 Å². The van der Waals surface area contributed by atoms with Crippen molar-refractivity contribution in [1.82, 2.24) is 4.90 Å². The van der Waals surface area contributed by atoms with Crippen LogP contribution >= 0.6 is 0 Å². The highest BCUT2D eigenvalue weighted by Gasteiger charge is 2.59. The van der Waals surface area contributed by atoms with Crippen LogP contribution in [0, 0.1) is 23.7 Å². The number of rotatable bonds is 1. The number of nitrogens with zero attached hydrogens (tertiary/aromatic N) is 1. The minimum Gasteiger partial charge on any atom is -0.296 e. The molecule has 4 unspecified atom stereocenters. The number of ketones is 2. The molecule has 146 valence electrons. The second-order valence-electron chi connectivity index (χ2n) is 7.25.